The van der Waals surface area contributed by atoms with Gasteiger partial charge in [0.05, 0.1) is 36.7 Å². The van der Waals surface area contributed by atoms with E-state index in [0.717, 1.165) is 86.7 Å². The maximum atomic E-state index is 10.9. The number of amides is 2. The number of carbonyl (C=O) groups excluding carboxylic acids is 4. The van der Waals surface area contributed by atoms with Gasteiger partial charge in [-0.25, -0.2) is 22.0 Å². The molecular weight excluding hydrogens is 752 g/mol. The van der Waals surface area contributed by atoms with Crippen LogP contribution >= 0.6 is 17.2 Å². The molecule has 3 aliphatic carbocycles. The van der Waals surface area contributed by atoms with Crippen molar-refractivity contribution in [3.8, 4) is 33.6 Å². The molecule has 2 unspecified atom stereocenters. The Balaban J connectivity index is 0.000000416. The molecule has 0 saturated carbocycles. The van der Waals surface area contributed by atoms with Crippen LogP contribution in [0.15, 0.2) is 36.4 Å². The quantitative estimate of drug-likeness (QED) is 0.166. The van der Waals surface area contributed by atoms with Gasteiger partial charge in [-0.05, 0) is 88.7 Å². The van der Waals surface area contributed by atoms with Crippen LogP contribution in [-0.4, -0.2) is 58.4 Å². The fraction of sp³-hybridized carbons (Fsp3) is 0.235. The molecular formula is C34H30N6O6P2V2. The van der Waals surface area contributed by atoms with Crippen molar-refractivity contribution in [3.63, 3.8) is 0 Å². The van der Waals surface area contributed by atoms with Crippen molar-refractivity contribution in [2.75, 3.05) is 14.2 Å². The number of methoxy groups -OCH3 is 2. The monoisotopic (exact) mass is 782 g/mol. The molecule has 5 aromatic rings. The van der Waals surface area contributed by atoms with E-state index in [1.807, 2.05) is 12.1 Å². The first-order valence-electron chi connectivity index (χ1n) is 15.0. The van der Waals surface area contributed by atoms with Crippen LogP contribution in [0.3, 0.4) is 0 Å². The fourth-order valence-corrected chi connectivity index (χ4v) is 7.72. The summed E-state index contributed by atoms with van der Waals surface area (Å²) < 4.78 is 7.56. The number of aryl methyl sites for hydroxylation is 4. The summed E-state index contributed by atoms with van der Waals surface area (Å²) in [6, 6.07) is 17.7. The Labute approximate surface area is 315 Å². The molecule has 0 fully saturated rings. The molecule has 0 spiro atoms. The van der Waals surface area contributed by atoms with Gasteiger partial charge >= 0.3 is 37.1 Å². The van der Waals surface area contributed by atoms with Crippen molar-refractivity contribution in [2.45, 2.75) is 38.5 Å². The summed E-state index contributed by atoms with van der Waals surface area (Å²) in [5.41, 5.74) is 28.4. The smallest absolute Gasteiger partial charge is 0.632 e. The first kappa shape index (κ1) is 39.0. The Morgan fingerprint density at radius 1 is 0.680 bits per heavy atom. The second kappa shape index (κ2) is 17.0. The minimum atomic E-state index is -0.995. The van der Waals surface area contributed by atoms with Crippen molar-refractivity contribution in [3.05, 3.63) is 81.5 Å². The van der Waals surface area contributed by atoms with Crippen molar-refractivity contribution in [1.29, 1.82) is 0 Å². The zero-order valence-electron chi connectivity index (χ0n) is 26.9. The molecule has 12 nitrogen and oxygen atoms in total. The Hall–Kier alpha value is -3.75. The summed E-state index contributed by atoms with van der Waals surface area (Å²) in [6.07, 6.45) is 3.85. The van der Waals surface area contributed by atoms with Gasteiger partial charge in [0.2, 0.25) is 12.2 Å². The van der Waals surface area contributed by atoms with Crippen LogP contribution in [0, 0.1) is 0 Å². The molecule has 16 heteroatoms. The molecule has 2 atom stereocenters. The van der Waals surface area contributed by atoms with Gasteiger partial charge in [0.25, 0.3) is 0 Å². The van der Waals surface area contributed by atoms with E-state index in [2.05, 4.69) is 55.8 Å². The van der Waals surface area contributed by atoms with E-state index >= 15 is 0 Å². The Kier molecular flexibility index (Phi) is 13.3. The third-order valence-corrected chi connectivity index (χ3v) is 9.90. The van der Waals surface area contributed by atoms with Gasteiger partial charge in [0.1, 0.15) is 0 Å². The summed E-state index contributed by atoms with van der Waals surface area (Å²) in [4.78, 5) is 56.5. The Morgan fingerprint density at radius 3 is 1.72 bits per heavy atom. The number of benzene rings is 3. The predicted octanol–water partition coefficient (Wildman–Crippen LogP) is 5.93. The van der Waals surface area contributed by atoms with Crippen molar-refractivity contribution in [2.24, 2.45) is 0 Å². The predicted molar refractivity (Wildman–Crippen MR) is 188 cm³/mol. The molecule has 3 aromatic carbocycles. The zero-order valence-corrected chi connectivity index (χ0v) is 31.7. The molecule has 2 radical (unpaired) electrons. The van der Waals surface area contributed by atoms with Crippen LogP contribution in [0.1, 0.15) is 33.6 Å². The third-order valence-electron chi connectivity index (χ3n) is 8.75. The minimum absolute atomic E-state index is 0. The number of rotatable bonds is 4. The fourth-order valence-electron chi connectivity index (χ4n) is 6.77. The Bertz CT molecular complexity index is 2090. The summed E-state index contributed by atoms with van der Waals surface area (Å²) in [5.74, 6) is 0. The number of nitrogens with one attached hydrogen (secondary N) is 4. The van der Waals surface area contributed by atoms with E-state index in [4.69, 9.17) is 21.4 Å². The number of ether oxygens (including phenoxy) is 2. The van der Waals surface area contributed by atoms with E-state index in [1.54, 1.807) is 0 Å². The number of aromatic amines is 2. The number of nitrogens with zero attached hydrogens (tertiary/aromatic N) is 2. The zero-order chi connectivity index (χ0) is 33.9. The van der Waals surface area contributed by atoms with Crippen LogP contribution in [-0.2, 0) is 94.7 Å². The molecule has 50 heavy (non-hydrogen) atoms. The van der Waals surface area contributed by atoms with Crippen molar-refractivity contribution >= 4 is 63.3 Å². The normalized spacial score (nSPS) is 12.9. The van der Waals surface area contributed by atoms with Gasteiger partial charge in [-0.2, -0.15) is 17.2 Å². The molecule has 3 aliphatic rings. The van der Waals surface area contributed by atoms with E-state index < -0.39 is 12.2 Å². The second-order valence-electron chi connectivity index (χ2n) is 11.2. The summed E-state index contributed by atoms with van der Waals surface area (Å²) >= 11 is 0. The van der Waals surface area contributed by atoms with E-state index in [1.165, 1.54) is 55.3 Å². The van der Waals surface area contributed by atoms with Gasteiger partial charge in [-0.15, -0.1) is 0 Å². The molecule has 2 aromatic heterocycles. The van der Waals surface area contributed by atoms with Crippen LogP contribution < -0.4 is 11.1 Å². The summed E-state index contributed by atoms with van der Waals surface area (Å²) in [7, 11) is 2.22. The number of hydrogen-bond acceptors (Lipinski definition) is 8. The maximum absolute atomic E-state index is 10.9. The van der Waals surface area contributed by atoms with E-state index in [0.29, 0.717) is 0 Å². The number of carbonyl (C=O) groups is 2. The number of H-pyrrole nitrogens is 2. The number of fused-ring (bicyclic) bond motifs is 12. The van der Waals surface area contributed by atoms with Crippen LogP contribution in [0.25, 0.3) is 55.9 Å². The Morgan fingerprint density at radius 2 is 1.14 bits per heavy atom. The first-order chi connectivity index (χ1) is 23.3. The number of imidazole rings is 2. The van der Waals surface area contributed by atoms with Crippen LogP contribution in [0.4, 0.5) is 9.59 Å². The molecule has 0 bridgehead atoms. The average molecular weight is 782 g/mol. The van der Waals surface area contributed by atoms with Gasteiger partial charge in [-0.1, -0.05) is 30.3 Å². The van der Waals surface area contributed by atoms with E-state index in [-0.39, 0.29) is 54.3 Å². The SMILES string of the molecule is COC([NH-])=O.COC([NH-])=O.O=[C-]Pc1nc2c([nH]1)CCc1cc3c4c(ccc3cc1-2)-c1ccc2c(c1CC4)CCc1[nH]c(P[C-]=O)nc1-2.[V+2].[V+2]. The molecule has 2 amide bonds. The third kappa shape index (κ3) is 7.76. The van der Waals surface area contributed by atoms with E-state index in [9.17, 15) is 19.2 Å². The molecule has 0 saturated heterocycles. The standard InChI is InChI=1S/C30H22N4O2P2.2C2H5NO2.2V/c35-13-37-29-32-26-10-8-20-19-4-5-21-17(18(19)6-7-22(20)27(26)33-29)3-1-15-12-24-16(11-23(15)21)2-9-25-28(24)34-30(31-25)38-14-36;2*1-5-2(3)4;;/h1,3,6-7,11-12,37-38H,2,4-5,8-10H2,(H,31,34)(H,32,33);2*1H3,(H2,3,4);;/q-2;;;2*+2/p-2. The van der Waals surface area contributed by atoms with Crippen LogP contribution in [0.5, 0.6) is 0 Å². The average Bonchev–Trinajstić information content (AvgIpc) is 3.71. The molecule has 8 rings (SSSR count). The van der Waals surface area contributed by atoms with Crippen molar-refractivity contribution in [1.82, 2.24) is 19.9 Å². The van der Waals surface area contributed by atoms with Gasteiger partial charge in [0.15, 0.2) is 0 Å². The number of hydrogen-bond donors (Lipinski definition) is 2. The first-order valence-corrected chi connectivity index (χ1v) is 17.0. The van der Waals surface area contributed by atoms with Crippen LogP contribution in [0.2, 0.25) is 0 Å². The summed E-state index contributed by atoms with van der Waals surface area (Å²) in [5, 5.41) is 2.59. The molecule has 2 heterocycles. The van der Waals surface area contributed by atoms with Gasteiger partial charge in [-0.3, -0.25) is 9.59 Å². The number of aromatic nitrogens is 4. The minimum Gasteiger partial charge on any atom is -0.632 e. The van der Waals surface area contributed by atoms with Crippen molar-refractivity contribution < 1.29 is 65.8 Å². The van der Waals surface area contributed by atoms with Gasteiger partial charge < -0.3 is 40.5 Å². The molecule has 252 valence electrons. The molecule has 0 aliphatic heterocycles. The summed E-state index contributed by atoms with van der Waals surface area (Å²) in [6.45, 7) is 0. The second-order valence-corrected chi connectivity index (χ2v) is 13.1. The topological polar surface area (TPSA) is 192 Å². The van der Waals surface area contributed by atoms with Gasteiger partial charge in [0, 0.05) is 22.5 Å². The molecule has 4 N–H and O–H groups in total. The maximum Gasteiger partial charge on any atom is 2.00 e. The largest absolute Gasteiger partial charge is 2.00 e.